The van der Waals surface area contributed by atoms with Crippen molar-refractivity contribution < 1.29 is 14.6 Å². The Hall–Kier alpha value is -0.160. The van der Waals surface area contributed by atoms with Gasteiger partial charge in [-0.2, -0.15) is 0 Å². The molecule has 0 heterocycles. The fraction of sp³-hybridized carbons (Fsp3) is 1.00. The number of rotatable bonds is 7. The second-order valence-electron chi connectivity index (χ2n) is 3.40. The van der Waals surface area contributed by atoms with Gasteiger partial charge in [0.15, 0.2) is 0 Å². The van der Waals surface area contributed by atoms with Gasteiger partial charge in [0.25, 0.3) is 0 Å². The Morgan fingerprint density at radius 3 is 2.54 bits per heavy atom. The van der Waals surface area contributed by atoms with Crippen molar-refractivity contribution >= 4 is 0 Å². The van der Waals surface area contributed by atoms with E-state index in [1.807, 2.05) is 6.92 Å². The summed E-state index contributed by atoms with van der Waals surface area (Å²) in [6, 6.07) is 0. The minimum atomic E-state index is -0.831. The standard InChI is InChI=1S/C9H21NO3/c1-8(13-4)9(2,11)7-10-5-6-12-3/h8,10-11H,5-7H2,1-4H3. The number of hydrogen-bond donors (Lipinski definition) is 2. The zero-order valence-electron chi connectivity index (χ0n) is 8.96. The van der Waals surface area contributed by atoms with E-state index < -0.39 is 5.60 Å². The Bertz CT molecular complexity index is 128. The Kier molecular flexibility index (Phi) is 6.24. The molecule has 2 N–H and O–H groups in total. The molecule has 0 rings (SSSR count). The molecule has 80 valence electrons. The van der Waals surface area contributed by atoms with Crippen LogP contribution in [0.15, 0.2) is 0 Å². The predicted molar refractivity (Wildman–Crippen MR) is 51.8 cm³/mol. The molecule has 0 aliphatic carbocycles. The number of hydrogen-bond acceptors (Lipinski definition) is 4. The molecule has 0 aliphatic rings. The zero-order valence-corrected chi connectivity index (χ0v) is 8.96. The summed E-state index contributed by atoms with van der Waals surface area (Å²) in [7, 11) is 3.24. The normalized spacial score (nSPS) is 18.2. The summed E-state index contributed by atoms with van der Waals surface area (Å²) in [4.78, 5) is 0. The average Bonchev–Trinajstić information content (AvgIpc) is 2.11. The summed E-state index contributed by atoms with van der Waals surface area (Å²) >= 11 is 0. The first-order valence-corrected chi connectivity index (χ1v) is 4.49. The molecule has 2 unspecified atom stereocenters. The van der Waals surface area contributed by atoms with Gasteiger partial charge in [-0.05, 0) is 13.8 Å². The Morgan fingerprint density at radius 2 is 2.08 bits per heavy atom. The van der Waals surface area contributed by atoms with Gasteiger partial charge in [-0.15, -0.1) is 0 Å². The zero-order chi connectivity index (χ0) is 10.3. The first-order valence-electron chi connectivity index (χ1n) is 4.49. The molecule has 0 aromatic rings. The molecule has 0 spiro atoms. The quantitative estimate of drug-likeness (QED) is 0.557. The number of nitrogens with one attached hydrogen (secondary N) is 1. The molecule has 0 bridgehead atoms. The van der Waals surface area contributed by atoms with Gasteiger partial charge in [-0.25, -0.2) is 0 Å². The Labute approximate surface area is 80.2 Å². The smallest absolute Gasteiger partial charge is 0.100 e. The van der Waals surface area contributed by atoms with Crippen LogP contribution in [0.4, 0.5) is 0 Å². The summed E-state index contributed by atoms with van der Waals surface area (Å²) in [5.74, 6) is 0. The van der Waals surface area contributed by atoms with E-state index in [1.165, 1.54) is 0 Å². The van der Waals surface area contributed by atoms with Crippen molar-refractivity contribution in [1.82, 2.24) is 5.32 Å². The molecule has 4 nitrogen and oxygen atoms in total. The van der Waals surface area contributed by atoms with Crippen LogP contribution in [0.2, 0.25) is 0 Å². The Morgan fingerprint density at radius 1 is 1.46 bits per heavy atom. The van der Waals surface area contributed by atoms with Crippen molar-refractivity contribution in [3.8, 4) is 0 Å². The molecular weight excluding hydrogens is 170 g/mol. The SMILES string of the molecule is COCCNCC(C)(O)C(C)OC. The highest BCUT2D eigenvalue weighted by molar-refractivity contribution is 4.81. The molecule has 0 radical (unpaired) electrons. The molecule has 2 atom stereocenters. The maximum Gasteiger partial charge on any atom is 0.100 e. The molecule has 0 aliphatic heterocycles. The summed E-state index contributed by atoms with van der Waals surface area (Å²) in [5.41, 5.74) is -0.831. The maximum atomic E-state index is 9.85. The fourth-order valence-electron chi connectivity index (χ4n) is 0.913. The van der Waals surface area contributed by atoms with E-state index in [-0.39, 0.29) is 6.10 Å². The first kappa shape index (κ1) is 12.8. The fourth-order valence-corrected chi connectivity index (χ4v) is 0.913. The number of methoxy groups -OCH3 is 2. The average molecular weight is 191 g/mol. The van der Waals surface area contributed by atoms with Gasteiger partial charge in [-0.1, -0.05) is 0 Å². The molecule has 0 fully saturated rings. The molecule has 0 aromatic heterocycles. The lowest BCUT2D eigenvalue weighted by atomic mass is 10.0. The van der Waals surface area contributed by atoms with Crippen molar-refractivity contribution in [2.24, 2.45) is 0 Å². The molecule has 13 heavy (non-hydrogen) atoms. The molecule has 0 amide bonds. The van der Waals surface area contributed by atoms with Gasteiger partial charge in [0.1, 0.15) is 5.60 Å². The number of aliphatic hydroxyl groups is 1. The van der Waals surface area contributed by atoms with Crippen LogP contribution in [0.5, 0.6) is 0 Å². The summed E-state index contributed by atoms with van der Waals surface area (Å²) in [6.45, 7) is 5.49. The van der Waals surface area contributed by atoms with Crippen LogP contribution in [-0.2, 0) is 9.47 Å². The summed E-state index contributed by atoms with van der Waals surface area (Å²) < 4.78 is 9.92. The van der Waals surface area contributed by atoms with Crippen molar-refractivity contribution in [3.05, 3.63) is 0 Å². The third-order valence-electron chi connectivity index (χ3n) is 2.20. The monoisotopic (exact) mass is 191 g/mol. The second-order valence-corrected chi connectivity index (χ2v) is 3.40. The number of ether oxygens (including phenoxy) is 2. The van der Waals surface area contributed by atoms with Gasteiger partial charge in [0, 0.05) is 27.3 Å². The van der Waals surface area contributed by atoms with Crippen LogP contribution in [0.3, 0.4) is 0 Å². The first-order chi connectivity index (χ1) is 6.04. The van der Waals surface area contributed by atoms with Gasteiger partial charge < -0.3 is 19.9 Å². The van der Waals surface area contributed by atoms with Gasteiger partial charge in [0.05, 0.1) is 12.7 Å². The van der Waals surface area contributed by atoms with Crippen LogP contribution >= 0.6 is 0 Å². The molecule has 4 heteroatoms. The van der Waals surface area contributed by atoms with E-state index in [2.05, 4.69) is 5.32 Å². The minimum Gasteiger partial charge on any atom is -0.386 e. The highest BCUT2D eigenvalue weighted by atomic mass is 16.5. The lowest BCUT2D eigenvalue weighted by Gasteiger charge is -2.29. The van der Waals surface area contributed by atoms with Crippen LogP contribution in [0.1, 0.15) is 13.8 Å². The molecule has 0 aromatic carbocycles. The minimum absolute atomic E-state index is 0.178. The van der Waals surface area contributed by atoms with Crippen molar-refractivity contribution in [2.45, 2.75) is 25.6 Å². The van der Waals surface area contributed by atoms with E-state index in [0.29, 0.717) is 13.2 Å². The third kappa shape index (κ3) is 5.21. The lowest BCUT2D eigenvalue weighted by Crippen LogP contribution is -2.47. The second kappa shape index (κ2) is 6.32. The van der Waals surface area contributed by atoms with Crippen molar-refractivity contribution in [1.29, 1.82) is 0 Å². The van der Waals surface area contributed by atoms with E-state index >= 15 is 0 Å². The molecule has 0 saturated heterocycles. The van der Waals surface area contributed by atoms with Gasteiger partial charge in [-0.3, -0.25) is 0 Å². The van der Waals surface area contributed by atoms with E-state index in [4.69, 9.17) is 9.47 Å². The molecular formula is C9H21NO3. The van der Waals surface area contributed by atoms with Crippen molar-refractivity contribution in [2.75, 3.05) is 33.9 Å². The van der Waals surface area contributed by atoms with Crippen LogP contribution in [-0.4, -0.2) is 50.7 Å². The highest BCUT2D eigenvalue weighted by Crippen LogP contribution is 2.10. The third-order valence-corrected chi connectivity index (χ3v) is 2.20. The van der Waals surface area contributed by atoms with Gasteiger partial charge >= 0.3 is 0 Å². The van der Waals surface area contributed by atoms with Crippen LogP contribution in [0.25, 0.3) is 0 Å². The van der Waals surface area contributed by atoms with E-state index in [9.17, 15) is 5.11 Å². The van der Waals surface area contributed by atoms with Gasteiger partial charge in [0.2, 0.25) is 0 Å². The van der Waals surface area contributed by atoms with Crippen LogP contribution in [0, 0.1) is 0 Å². The van der Waals surface area contributed by atoms with E-state index in [0.717, 1.165) is 6.54 Å². The lowest BCUT2D eigenvalue weighted by molar-refractivity contribution is -0.0706. The topological polar surface area (TPSA) is 50.7 Å². The maximum absolute atomic E-state index is 9.85. The van der Waals surface area contributed by atoms with E-state index in [1.54, 1.807) is 21.1 Å². The summed E-state index contributed by atoms with van der Waals surface area (Å²) in [5, 5.41) is 12.9. The predicted octanol–water partition coefficient (Wildman–Crippen LogP) is 0.00830. The highest BCUT2D eigenvalue weighted by Gasteiger charge is 2.27. The van der Waals surface area contributed by atoms with Crippen molar-refractivity contribution in [3.63, 3.8) is 0 Å². The Balaban J connectivity index is 3.62. The largest absolute Gasteiger partial charge is 0.386 e. The van der Waals surface area contributed by atoms with Crippen LogP contribution < -0.4 is 5.32 Å². The summed E-state index contributed by atoms with van der Waals surface area (Å²) in [6.07, 6.45) is -0.178. The molecule has 0 saturated carbocycles.